The molecule has 3 fully saturated rings. The number of allylic oxidation sites excluding steroid dienone is 4. The first-order valence-electron chi connectivity index (χ1n) is 13.8. The molecule has 39 heavy (non-hydrogen) atoms. The zero-order valence-electron chi connectivity index (χ0n) is 23.0. The molecule has 0 saturated heterocycles. The molecule has 0 amide bonds. The Kier molecular flexibility index (Phi) is 7.02. The monoisotopic (exact) mass is 561 g/mol. The Morgan fingerprint density at radius 2 is 1.82 bits per heavy atom. The van der Waals surface area contributed by atoms with Gasteiger partial charge in [-0.1, -0.05) is 43.7 Å². The molecular formula is C31H38ClF2NO4. The van der Waals surface area contributed by atoms with E-state index in [0.717, 1.165) is 5.56 Å². The highest BCUT2D eigenvalue weighted by Crippen LogP contribution is 2.73. The highest BCUT2D eigenvalue weighted by Gasteiger charge is 2.76. The maximum absolute atomic E-state index is 17.5. The van der Waals surface area contributed by atoms with E-state index in [2.05, 4.69) is 4.90 Å². The Hall–Kier alpha value is -1.93. The fourth-order valence-corrected chi connectivity index (χ4v) is 9.03. The van der Waals surface area contributed by atoms with Crippen molar-refractivity contribution in [2.75, 3.05) is 20.2 Å². The Balaban J connectivity index is 1.53. The van der Waals surface area contributed by atoms with E-state index in [1.807, 2.05) is 45.2 Å². The number of ketones is 2. The summed E-state index contributed by atoms with van der Waals surface area (Å²) < 4.78 is 33.3. The predicted octanol–water partition coefficient (Wildman–Crippen LogP) is 4.88. The third kappa shape index (κ3) is 3.94. The summed E-state index contributed by atoms with van der Waals surface area (Å²) in [5, 5.41) is 22.3. The number of aliphatic hydroxyl groups is 2. The zero-order valence-corrected chi connectivity index (χ0v) is 23.7. The van der Waals surface area contributed by atoms with Gasteiger partial charge in [0, 0.05) is 34.9 Å². The van der Waals surface area contributed by atoms with Gasteiger partial charge in [0.25, 0.3) is 0 Å². The first-order chi connectivity index (χ1) is 18.2. The molecule has 8 heteroatoms. The second-order valence-corrected chi connectivity index (χ2v) is 13.3. The molecule has 2 N–H and O–H groups in total. The maximum Gasteiger partial charge on any atom is 0.178 e. The molecule has 1 aromatic rings. The van der Waals surface area contributed by atoms with Gasteiger partial charge in [-0.3, -0.25) is 9.59 Å². The van der Waals surface area contributed by atoms with Gasteiger partial charge in [0.2, 0.25) is 0 Å². The Bertz CT molecular complexity index is 1240. The average Bonchev–Trinajstić information content (AvgIpc) is 3.10. The van der Waals surface area contributed by atoms with Gasteiger partial charge in [-0.2, -0.15) is 0 Å². The van der Waals surface area contributed by atoms with E-state index in [1.54, 1.807) is 6.92 Å². The van der Waals surface area contributed by atoms with E-state index >= 15 is 8.78 Å². The summed E-state index contributed by atoms with van der Waals surface area (Å²) in [4.78, 5) is 27.7. The molecule has 1 aromatic carbocycles. The molecule has 0 heterocycles. The molecule has 9 atom stereocenters. The van der Waals surface area contributed by atoms with Crippen LogP contribution in [-0.2, 0) is 16.1 Å². The molecule has 0 spiro atoms. The standard InChI is InChI=1S/C31H38ClF2NO4/c1-28-10-9-21(37)12-24(28)25(33)13-23-22-11-19(16-35(4)15-18-5-7-20(32)8-6-18)30(3,27(39)17-36)29(22,2)14-26(38)31(23,28)34/h5-10,12,19,22-23,25-26,36,38H,11,13-17H2,1-4H3. The predicted molar refractivity (Wildman–Crippen MR) is 145 cm³/mol. The number of benzene rings is 1. The van der Waals surface area contributed by atoms with Crippen molar-refractivity contribution in [3.63, 3.8) is 0 Å². The second kappa shape index (κ2) is 9.57. The van der Waals surface area contributed by atoms with Crippen LogP contribution in [0.4, 0.5) is 8.78 Å². The fourth-order valence-electron chi connectivity index (χ4n) is 8.90. The summed E-state index contributed by atoms with van der Waals surface area (Å²) in [5.41, 5.74) is -4.44. The molecule has 5 nitrogen and oxygen atoms in total. The number of carbonyl (C=O) groups excluding carboxylic acids is 2. The molecule has 0 radical (unpaired) electrons. The SMILES string of the molecule is CN(Cc1ccc(Cl)cc1)CC1CC2C3CC(F)C4=CC(=O)C=CC4(C)C3(F)C(O)CC2(C)C1(C)C(=O)CO. The number of carbonyl (C=O) groups is 2. The van der Waals surface area contributed by atoms with Gasteiger partial charge < -0.3 is 15.1 Å². The Morgan fingerprint density at radius 3 is 2.46 bits per heavy atom. The van der Waals surface area contributed by atoms with Gasteiger partial charge in [-0.25, -0.2) is 8.78 Å². The van der Waals surface area contributed by atoms with Crippen LogP contribution < -0.4 is 0 Å². The summed E-state index contributed by atoms with van der Waals surface area (Å²) in [6.07, 6.45) is 1.20. The minimum absolute atomic E-state index is 0.00587. The topological polar surface area (TPSA) is 77.8 Å². The Morgan fingerprint density at radius 1 is 1.15 bits per heavy atom. The van der Waals surface area contributed by atoms with Gasteiger partial charge in [-0.05, 0) is 85.9 Å². The molecule has 212 valence electrons. The lowest BCUT2D eigenvalue weighted by molar-refractivity contribution is -0.211. The minimum Gasteiger partial charge on any atom is -0.390 e. The van der Waals surface area contributed by atoms with Crippen molar-refractivity contribution in [3.05, 3.63) is 58.7 Å². The van der Waals surface area contributed by atoms with Crippen LogP contribution in [0.25, 0.3) is 0 Å². The van der Waals surface area contributed by atoms with Crippen LogP contribution in [0.3, 0.4) is 0 Å². The van der Waals surface area contributed by atoms with Crippen molar-refractivity contribution in [1.82, 2.24) is 4.90 Å². The molecule has 0 aliphatic heterocycles. The van der Waals surface area contributed by atoms with Crippen molar-refractivity contribution >= 4 is 23.2 Å². The number of alkyl halides is 2. The van der Waals surface area contributed by atoms with Crippen LogP contribution >= 0.6 is 11.6 Å². The van der Waals surface area contributed by atoms with E-state index in [0.29, 0.717) is 24.5 Å². The third-order valence-corrected chi connectivity index (χ3v) is 11.4. The molecule has 0 bridgehead atoms. The van der Waals surface area contributed by atoms with Gasteiger partial charge in [-0.15, -0.1) is 0 Å². The van der Waals surface area contributed by atoms with E-state index < -0.39 is 52.6 Å². The summed E-state index contributed by atoms with van der Waals surface area (Å²) in [5.74, 6) is -2.22. The number of Topliss-reactive ketones (excluding diaryl/α,β-unsaturated/α-hetero) is 1. The average molecular weight is 562 g/mol. The van der Waals surface area contributed by atoms with Crippen LogP contribution in [-0.4, -0.2) is 64.8 Å². The van der Waals surface area contributed by atoms with E-state index in [4.69, 9.17) is 11.6 Å². The number of hydrogen-bond acceptors (Lipinski definition) is 5. The summed E-state index contributed by atoms with van der Waals surface area (Å²) >= 11 is 6.03. The maximum atomic E-state index is 17.5. The van der Waals surface area contributed by atoms with Crippen LogP contribution in [0, 0.1) is 34.0 Å². The van der Waals surface area contributed by atoms with Crippen LogP contribution in [0.2, 0.25) is 5.02 Å². The number of nitrogens with zero attached hydrogens (tertiary/aromatic N) is 1. The van der Waals surface area contributed by atoms with Crippen molar-refractivity contribution in [1.29, 1.82) is 0 Å². The molecule has 0 aromatic heterocycles. The molecular weight excluding hydrogens is 524 g/mol. The molecule has 3 saturated carbocycles. The zero-order chi connectivity index (χ0) is 28.5. The number of halogens is 3. The molecule has 5 rings (SSSR count). The van der Waals surface area contributed by atoms with Crippen LogP contribution in [0.15, 0.2) is 48.1 Å². The highest BCUT2D eigenvalue weighted by molar-refractivity contribution is 6.30. The lowest BCUT2D eigenvalue weighted by atomic mass is 9.43. The normalized spacial score (nSPS) is 43.1. The molecule has 4 aliphatic carbocycles. The highest BCUT2D eigenvalue weighted by atomic mass is 35.5. The van der Waals surface area contributed by atoms with E-state index in [9.17, 15) is 19.8 Å². The van der Waals surface area contributed by atoms with Gasteiger partial charge in [0.05, 0.1) is 6.10 Å². The summed E-state index contributed by atoms with van der Waals surface area (Å²) in [6, 6.07) is 7.53. The van der Waals surface area contributed by atoms with Crippen molar-refractivity contribution in [2.45, 2.75) is 64.5 Å². The largest absolute Gasteiger partial charge is 0.390 e. The third-order valence-electron chi connectivity index (χ3n) is 11.2. The van der Waals surface area contributed by atoms with Gasteiger partial charge >= 0.3 is 0 Å². The fraction of sp³-hybridized carbons (Fsp3) is 0.613. The lowest BCUT2D eigenvalue weighted by Gasteiger charge is -2.63. The number of hydrogen-bond donors (Lipinski definition) is 2. The lowest BCUT2D eigenvalue weighted by Crippen LogP contribution is -2.69. The van der Waals surface area contributed by atoms with E-state index in [-0.39, 0.29) is 35.9 Å². The molecule has 9 unspecified atom stereocenters. The first kappa shape index (κ1) is 28.6. The minimum atomic E-state index is -2.20. The summed E-state index contributed by atoms with van der Waals surface area (Å²) in [6.45, 7) is 5.79. The van der Waals surface area contributed by atoms with E-state index in [1.165, 1.54) is 18.2 Å². The van der Waals surface area contributed by atoms with Gasteiger partial charge in [0.15, 0.2) is 17.2 Å². The quantitative estimate of drug-likeness (QED) is 0.517. The van der Waals surface area contributed by atoms with Crippen molar-refractivity contribution in [3.8, 4) is 0 Å². The number of fused-ring (bicyclic) bond motifs is 5. The number of aliphatic hydroxyl groups excluding tert-OH is 2. The molecule has 4 aliphatic rings. The van der Waals surface area contributed by atoms with Gasteiger partial charge in [0.1, 0.15) is 12.8 Å². The van der Waals surface area contributed by atoms with Crippen molar-refractivity contribution < 1.29 is 28.6 Å². The van der Waals surface area contributed by atoms with Crippen LogP contribution in [0.5, 0.6) is 0 Å². The smallest absolute Gasteiger partial charge is 0.178 e. The first-order valence-corrected chi connectivity index (χ1v) is 14.1. The van der Waals surface area contributed by atoms with Crippen molar-refractivity contribution in [2.24, 2.45) is 34.0 Å². The second-order valence-electron chi connectivity index (χ2n) is 12.9. The Labute approximate surface area is 233 Å². The number of rotatable bonds is 6. The summed E-state index contributed by atoms with van der Waals surface area (Å²) in [7, 11) is 1.96. The van der Waals surface area contributed by atoms with Crippen LogP contribution in [0.1, 0.15) is 45.6 Å².